The van der Waals surface area contributed by atoms with Gasteiger partial charge in [-0.15, -0.1) is 0 Å². The maximum atomic E-state index is 11.3. The van der Waals surface area contributed by atoms with Gasteiger partial charge in [0.25, 0.3) is 5.91 Å². The SMILES string of the molecule is Cc1ccn(C)c(=O)n1.O=C(O)CNC(=O)c1cccc(Cl)c1. The Morgan fingerprint density at radius 1 is 1.35 bits per heavy atom. The van der Waals surface area contributed by atoms with E-state index in [1.165, 1.54) is 10.6 Å². The second kappa shape index (κ2) is 8.70. The van der Waals surface area contributed by atoms with Crippen molar-refractivity contribution in [2.45, 2.75) is 6.92 Å². The van der Waals surface area contributed by atoms with Crippen molar-refractivity contribution in [1.82, 2.24) is 14.9 Å². The van der Waals surface area contributed by atoms with E-state index in [9.17, 15) is 14.4 Å². The number of halogens is 1. The van der Waals surface area contributed by atoms with E-state index < -0.39 is 18.4 Å². The van der Waals surface area contributed by atoms with E-state index >= 15 is 0 Å². The minimum Gasteiger partial charge on any atom is -0.480 e. The van der Waals surface area contributed by atoms with Gasteiger partial charge in [0.05, 0.1) is 0 Å². The van der Waals surface area contributed by atoms with Crippen LogP contribution in [-0.2, 0) is 11.8 Å². The predicted octanol–water partition coefficient (Wildman–Crippen LogP) is 1.24. The number of aliphatic carboxylic acids is 1. The fourth-order valence-corrected chi connectivity index (χ4v) is 1.63. The molecule has 0 aliphatic rings. The third-order valence-corrected chi connectivity index (χ3v) is 2.84. The number of hydrogen-bond acceptors (Lipinski definition) is 4. The van der Waals surface area contributed by atoms with E-state index in [1.807, 2.05) is 0 Å². The Morgan fingerprint density at radius 2 is 2.04 bits per heavy atom. The number of benzene rings is 1. The van der Waals surface area contributed by atoms with Crippen LogP contribution in [0.15, 0.2) is 41.3 Å². The van der Waals surface area contributed by atoms with E-state index in [-0.39, 0.29) is 5.69 Å². The molecular formula is C15H16ClN3O4. The minimum atomic E-state index is -1.08. The molecule has 1 aromatic heterocycles. The van der Waals surface area contributed by atoms with Crippen molar-refractivity contribution in [1.29, 1.82) is 0 Å². The number of hydrogen-bond donors (Lipinski definition) is 2. The van der Waals surface area contributed by atoms with Crippen LogP contribution in [0.3, 0.4) is 0 Å². The molecule has 0 radical (unpaired) electrons. The molecule has 0 fully saturated rings. The number of nitrogens with one attached hydrogen (secondary N) is 1. The smallest absolute Gasteiger partial charge is 0.347 e. The first kappa shape index (κ1) is 18.4. The molecule has 2 rings (SSSR count). The molecule has 7 nitrogen and oxygen atoms in total. The Balaban J connectivity index is 0.000000253. The summed E-state index contributed by atoms with van der Waals surface area (Å²) in [4.78, 5) is 35.8. The molecule has 0 spiro atoms. The molecule has 1 aromatic carbocycles. The molecule has 2 aromatic rings. The van der Waals surface area contributed by atoms with Gasteiger partial charge >= 0.3 is 11.7 Å². The molecule has 8 heteroatoms. The summed E-state index contributed by atoms with van der Waals surface area (Å²) in [6.07, 6.45) is 1.70. The number of aryl methyl sites for hydroxylation is 2. The zero-order valence-corrected chi connectivity index (χ0v) is 13.4. The Hall–Kier alpha value is -2.67. The van der Waals surface area contributed by atoms with Crippen LogP contribution in [0.2, 0.25) is 5.02 Å². The number of carboxylic acids is 1. The van der Waals surface area contributed by atoms with E-state index in [2.05, 4.69) is 10.3 Å². The molecule has 1 amide bonds. The summed E-state index contributed by atoms with van der Waals surface area (Å²) in [5, 5.41) is 11.0. The molecule has 0 saturated heterocycles. The number of rotatable bonds is 3. The van der Waals surface area contributed by atoms with Crippen molar-refractivity contribution in [3.63, 3.8) is 0 Å². The van der Waals surface area contributed by atoms with Crippen molar-refractivity contribution in [2.24, 2.45) is 7.05 Å². The topological polar surface area (TPSA) is 101 Å². The average molecular weight is 338 g/mol. The summed E-state index contributed by atoms with van der Waals surface area (Å²) in [5.74, 6) is -1.53. The van der Waals surface area contributed by atoms with Crippen LogP contribution >= 0.6 is 11.6 Å². The Morgan fingerprint density at radius 3 is 2.57 bits per heavy atom. The summed E-state index contributed by atoms with van der Waals surface area (Å²) >= 11 is 5.66. The lowest BCUT2D eigenvalue weighted by molar-refractivity contribution is -0.135. The highest BCUT2D eigenvalue weighted by Crippen LogP contribution is 2.10. The average Bonchev–Trinajstić information content (AvgIpc) is 2.49. The lowest BCUT2D eigenvalue weighted by Crippen LogP contribution is -2.29. The molecule has 0 aliphatic heterocycles. The molecule has 0 aliphatic carbocycles. The molecule has 1 heterocycles. The quantitative estimate of drug-likeness (QED) is 0.877. The first-order chi connectivity index (χ1) is 10.8. The fourth-order valence-electron chi connectivity index (χ4n) is 1.44. The lowest BCUT2D eigenvalue weighted by Gasteiger charge is -2.01. The molecule has 122 valence electrons. The highest BCUT2D eigenvalue weighted by molar-refractivity contribution is 6.30. The van der Waals surface area contributed by atoms with Crippen LogP contribution in [0.4, 0.5) is 0 Å². The highest BCUT2D eigenvalue weighted by atomic mass is 35.5. The van der Waals surface area contributed by atoms with Crippen LogP contribution in [-0.4, -0.2) is 33.1 Å². The highest BCUT2D eigenvalue weighted by Gasteiger charge is 2.06. The minimum absolute atomic E-state index is 0.199. The number of aromatic nitrogens is 2. The third-order valence-electron chi connectivity index (χ3n) is 2.60. The van der Waals surface area contributed by atoms with Gasteiger partial charge in [-0.25, -0.2) is 4.79 Å². The first-order valence-corrected chi connectivity index (χ1v) is 6.93. The number of amides is 1. The monoisotopic (exact) mass is 337 g/mol. The summed E-state index contributed by atoms with van der Waals surface area (Å²) in [6, 6.07) is 8.08. The van der Waals surface area contributed by atoms with Crippen LogP contribution in [0.25, 0.3) is 0 Å². The Bertz CT molecular complexity index is 758. The van der Waals surface area contributed by atoms with Gasteiger partial charge in [0.1, 0.15) is 6.54 Å². The molecular weight excluding hydrogens is 322 g/mol. The summed E-state index contributed by atoms with van der Waals surface area (Å²) < 4.78 is 1.44. The van der Waals surface area contributed by atoms with E-state index in [0.29, 0.717) is 10.6 Å². The standard InChI is InChI=1S/C9H8ClNO3.C6H8N2O/c10-7-3-1-2-6(4-7)9(14)11-5-8(12)13;1-5-3-4-8(2)6(9)7-5/h1-4H,5H2,(H,11,14)(H,12,13);3-4H,1-2H3. The number of carbonyl (C=O) groups is 2. The summed E-state index contributed by atoms with van der Waals surface area (Å²) in [5.41, 5.74) is 0.909. The van der Waals surface area contributed by atoms with Gasteiger partial charge in [0.15, 0.2) is 0 Å². The summed E-state index contributed by atoms with van der Waals surface area (Å²) in [6.45, 7) is 1.40. The molecule has 2 N–H and O–H groups in total. The molecule has 0 atom stereocenters. The zero-order chi connectivity index (χ0) is 17.4. The number of carboxylic acid groups (broad SMARTS) is 1. The van der Waals surface area contributed by atoms with Gasteiger partial charge in [-0.2, -0.15) is 4.98 Å². The zero-order valence-electron chi connectivity index (χ0n) is 12.6. The van der Waals surface area contributed by atoms with Gasteiger partial charge in [-0.3, -0.25) is 9.59 Å². The predicted molar refractivity (Wildman–Crippen MR) is 85.6 cm³/mol. The van der Waals surface area contributed by atoms with Gasteiger partial charge < -0.3 is 15.0 Å². The van der Waals surface area contributed by atoms with Crippen LogP contribution < -0.4 is 11.0 Å². The van der Waals surface area contributed by atoms with Gasteiger partial charge in [-0.05, 0) is 31.2 Å². The van der Waals surface area contributed by atoms with Crippen molar-refractivity contribution in [3.05, 3.63) is 63.3 Å². The number of carbonyl (C=O) groups excluding carboxylic acids is 1. The van der Waals surface area contributed by atoms with Gasteiger partial charge in [-0.1, -0.05) is 17.7 Å². The summed E-state index contributed by atoms with van der Waals surface area (Å²) in [7, 11) is 1.68. The molecule has 23 heavy (non-hydrogen) atoms. The van der Waals surface area contributed by atoms with Gasteiger partial charge in [0, 0.05) is 29.5 Å². The van der Waals surface area contributed by atoms with E-state index in [4.69, 9.17) is 16.7 Å². The van der Waals surface area contributed by atoms with E-state index in [1.54, 1.807) is 44.4 Å². The van der Waals surface area contributed by atoms with E-state index in [0.717, 1.165) is 5.69 Å². The maximum absolute atomic E-state index is 11.3. The maximum Gasteiger partial charge on any atom is 0.347 e. The Labute approximate surface area is 137 Å². The lowest BCUT2D eigenvalue weighted by atomic mass is 10.2. The first-order valence-electron chi connectivity index (χ1n) is 6.55. The largest absolute Gasteiger partial charge is 0.480 e. The van der Waals surface area contributed by atoms with Gasteiger partial charge in [0.2, 0.25) is 0 Å². The van der Waals surface area contributed by atoms with Crippen molar-refractivity contribution in [3.8, 4) is 0 Å². The van der Waals surface area contributed by atoms with Crippen molar-refractivity contribution >= 4 is 23.5 Å². The number of nitrogens with zero attached hydrogens (tertiary/aromatic N) is 2. The van der Waals surface area contributed by atoms with Crippen molar-refractivity contribution in [2.75, 3.05) is 6.54 Å². The van der Waals surface area contributed by atoms with Crippen LogP contribution in [0.1, 0.15) is 16.1 Å². The molecule has 0 bridgehead atoms. The van der Waals surface area contributed by atoms with Crippen LogP contribution in [0.5, 0.6) is 0 Å². The Kier molecular flexibility index (Phi) is 6.95. The molecule has 0 unspecified atom stereocenters. The second-order valence-electron chi connectivity index (χ2n) is 4.55. The van der Waals surface area contributed by atoms with Crippen molar-refractivity contribution < 1.29 is 14.7 Å². The second-order valence-corrected chi connectivity index (χ2v) is 4.99. The van der Waals surface area contributed by atoms with Crippen LogP contribution in [0, 0.1) is 6.92 Å². The normalized spacial score (nSPS) is 9.52. The third kappa shape index (κ3) is 6.75. The fraction of sp³-hybridized carbons (Fsp3) is 0.200. The molecule has 0 saturated carbocycles.